The zero-order valence-corrected chi connectivity index (χ0v) is 16.4. The Labute approximate surface area is 165 Å². The fourth-order valence-corrected chi connectivity index (χ4v) is 3.58. The molecular weight excluding hydrogens is 354 g/mol. The van der Waals surface area contributed by atoms with Crippen molar-refractivity contribution in [2.45, 2.75) is 19.0 Å². The molecule has 2 aromatic carbocycles. The summed E-state index contributed by atoms with van der Waals surface area (Å²) in [4.78, 5) is 4.57. The van der Waals surface area contributed by atoms with E-state index >= 15 is 0 Å². The average Bonchev–Trinajstić information content (AvgIpc) is 3.36. The van der Waals surface area contributed by atoms with Crippen molar-refractivity contribution in [3.63, 3.8) is 0 Å². The van der Waals surface area contributed by atoms with Gasteiger partial charge in [-0.05, 0) is 34.9 Å². The number of hydrogen-bond acceptors (Lipinski definition) is 5. The first-order chi connectivity index (χ1) is 13.7. The fourth-order valence-electron chi connectivity index (χ4n) is 3.58. The summed E-state index contributed by atoms with van der Waals surface area (Å²) in [5.74, 6) is 3.44. The molecular formula is C22H25N3O3. The van der Waals surface area contributed by atoms with E-state index in [0.29, 0.717) is 6.54 Å². The molecule has 1 N–H and O–H groups in total. The van der Waals surface area contributed by atoms with E-state index in [1.165, 1.54) is 11.1 Å². The topological polar surface area (TPSA) is 57.5 Å². The number of fused-ring (bicyclic) bond motifs is 1. The normalized spacial score (nSPS) is 13.7. The molecule has 0 spiro atoms. The SMILES string of the molecule is COc1cc(OC)cc(C(NCc2ccc3c(c2)CCO3)c2nccn2C)c1. The quantitative estimate of drug-likeness (QED) is 0.683. The minimum atomic E-state index is -0.103. The van der Waals surface area contributed by atoms with Crippen LogP contribution in [0.2, 0.25) is 0 Å². The van der Waals surface area contributed by atoms with E-state index < -0.39 is 0 Å². The average molecular weight is 379 g/mol. The summed E-state index contributed by atoms with van der Waals surface area (Å²) in [5.41, 5.74) is 3.53. The molecule has 6 heteroatoms. The lowest BCUT2D eigenvalue weighted by Gasteiger charge is -2.21. The van der Waals surface area contributed by atoms with Crippen LogP contribution in [-0.2, 0) is 20.0 Å². The number of ether oxygens (including phenoxy) is 3. The molecule has 0 radical (unpaired) electrons. The van der Waals surface area contributed by atoms with Gasteiger partial charge in [-0.25, -0.2) is 4.98 Å². The van der Waals surface area contributed by atoms with E-state index in [9.17, 15) is 0 Å². The van der Waals surface area contributed by atoms with E-state index in [1.807, 2.05) is 42.2 Å². The Kier molecular flexibility index (Phi) is 5.21. The fraction of sp³-hybridized carbons (Fsp3) is 0.318. The Morgan fingerprint density at radius 1 is 1.14 bits per heavy atom. The van der Waals surface area contributed by atoms with Crippen molar-refractivity contribution in [1.82, 2.24) is 14.9 Å². The summed E-state index contributed by atoms with van der Waals surface area (Å²) >= 11 is 0. The second kappa shape index (κ2) is 7.94. The minimum absolute atomic E-state index is 0.103. The van der Waals surface area contributed by atoms with Crippen molar-refractivity contribution >= 4 is 0 Å². The van der Waals surface area contributed by atoms with Crippen LogP contribution in [0.25, 0.3) is 0 Å². The number of aryl methyl sites for hydroxylation is 1. The molecule has 0 saturated carbocycles. The van der Waals surface area contributed by atoms with Gasteiger partial charge in [-0.1, -0.05) is 12.1 Å². The zero-order chi connectivity index (χ0) is 19.5. The lowest BCUT2D eigenvalue weighted by atomic mass is 10.0. The van der Waals surface area contributed by atoms with Crippen LogP contribution < -0.4 is 19.5 Å². The molecule has 1 aliphatic heterocycles. The molecule has 0 aliphatic carbocycles. The molecule has 1 atom stereocenters. The van der Waals surface area contributed by atoms with Crippen molar-refractivity contribution in [1.29, 1.82) is 0 Å². The first kappa shape index (κ1) is 18.4. The smallest absolute Gasteiger partial charge is 0.130 e. The summed E-state index contributed by atoms with van der Waals surface area (Å²) in [6.07, 6.45) is 4.74. The lowest BCUT2D eigenvalue weighted by molar-refractivity contribution is 0.357. The van der Waals surface area contributed by atoms with Gasteiger partial charge in [0.05, 0.1) is 26.9 Å². The minimum Gasteiger partial charge on any atom is -0.497 e. The summed E-state index contributed by atoms with van der Waals surface area (Å²) in [5, 5.41) is 3.65. The lowest BCUT2D eigenvalue weighted by Crippen LogP contribution is -2.25. The number of hydrogen-bond donors (Lipinski definition) is 1. The van der Waals surface area contributed by atoms with Gasteiger partial charge in [-0.3, -0.25) is 5.32 Å². The summed E-state index contributed by atoms with van der Waals surface area (Å²) in [6, 6.07) is 12.2. The van der Waals surface area contributed by atoms with Crippen molar-refractivity contribution < 1.29 is 14.2 Å². The Hall–Kier alpha value is -2.99. The third-order valence-corrected chi connectivity index (χ3v) is 5.09. The summed E-state index contributed by atoms with van der Waals surface area (Å²) in [7, 11) is 5.32. The molecule has 1 aromatic heterocycles. The predicted octanol–water partition coefficient (Wildman–Crippen LogP) is 3.25. The number of rotatable bonds is 7. The van der Waals surface area contributed by atoms with Crippen LogP contribution in [-0.4, -0.2) is 30.4 Å². The molecule has 1 unspecified atom stereocenters. The van der Waals surface area contributed by atoms with Crippen LogP contribution in [0.4, 0.5) is 0 Å². The Bertz CT molecular complexity index is 945. The molecule has 0 fully saturated rings. The highest BCUT2D eigenvalue weighted by molar-refractivity contribution is 5.42. The second-order valence-electron chi connectivity index (χ2n) is 6.90. The zero-order valence-electron chi connectivity index (χ0n) is 16.4. The van der Waals surface area contributed by atoms with Crippen LogP contribution in [0.15, 0.2) is 48.8 Å². The molecule has 3 aromatic rings. The standard InChI is InChI=1S/C22H25N3O3/c1-25-8-7-23-22(25)21(17-11-18(26-2)13-19(12-17)27-3)24-14-15-4-5-20-16(10-15)6-9-28-20/h4-5,7-8,10-13,21,24H,6,9,14H2,1-3H3. The maximum absolute atomic E-state index is 5.61. The number of nitrogens with zero attached hydrogens (tertiary/aromatic N) is 2. The van der Waals surface area contributed by atoms with Crippen LogP contribution in [0.5, 0.6) is 17.2 Å². The van der Waals surface area contributed by atoms with E-state index in [2.05, 4.69) is 28.5 Å². The van der Waals surface area contributed by atoms with E-state index in [1.54, 1.807) is 14.2 Å². The monoisotopic (exact) mass is 379 g/mol. The predicted molar refractivity (Wildman–Crippen MR) is 107 cm³/mol. The van der Waals surface area contributed by atoms with Crippen molar-refractivity contribution in [3.05, 3.63) is 71.3 Å². The van der Waals surface area contributed by atoms with Gasteiger partial charge >= 0.3 is 0 Å². The first-order valence-corrected chi connectivity index (χ1v) is 9.36. The number of aromatic nitrogens is 2. The van der Waals surface area contributed by atoms with Gasteiger partial charge in [-0.2, -0.15) is 0 Å². The maximum atomic E-state index is 5.61. The Morgan fingerprint density at radius 3 is 2.61 bits per heavy atom. The van der Waals surface area contributed by atoms with Gasteiger partial charge in [0.2, 0.25) is 0 Å². The molecule has 146 valence electrons. The molecule has 28 heavy (non-hydrogen) atoms. The van der Waals surface area contributed by atoms with Crippen LogP contribution in [0.1, 0.15) is 28.6 Å². The van der Waals surface area contributed by atoms with E-state index in [-0.39, 0.29) is 6.04 Å². The van der Waals surface area contributed by atoms with Gasteiger partial charge in [0.25, 0.3) is 0 Å². The van der Waals surface area contributed by atoms with Gasteiger partial charge in [0.1, 0.15) is 23.1 Å². The van der Waals surface area contributed by atoms with Gasteiger partial charge in [0.15, 0.2) is 0 Å². The summed E-state index contributed by atoms with van der Waals surface area (Å²) in [6.45, 7) is 1.48. The van der Waals surface area contributed by atoms with E-state index in [4.69, 9.17) is 14.2 Å². The maximum Gasteiger partial charge on any atom is 0.130 e. The van der Waals surface area contributed by atoms with Gasteiger partial charge in [-0.15, -0.1) is 0 Å². The Morgan fingerprint density at radius 2 is 1.93 bits per heavy atom. The third-order valence-electron chi connectivity index (χ3n) is 5.09. The molecule has 0 amide bonds. The molecule has 1 aliphatic rings. The molecule has 2 heterocycles. The van der Waals surface area contributed by atoms with Crippen molar-refractivity contribution in [3.8, 4) is 17.2 Å². The van der Waals surface area contributed by atoms with Crippen LogP contribution in [0, 0.1) is 0 Å². The first-order valence-electron chi connectivity index (χ1n) is 9.36. The number of imidazole rings is 1. The van der Waals surface area contributed by atoms with E-state index in [0.717, 1.165) is 41.7 Å². The van der Waals surface area contributed by atoms with Crippen LogP contribution in [0.3, 0.4) is 0 Å². The van der Waals surface area contributed by atoms with Crippen LogP contribution >= 0.6 is 0 Å². The van der Waals surface area contributed by atoms with Crippen molar-refractivity contribution in [2.75, 3.05) is 20.8 Å². The van der Waals surface area contributed by atoms with Gasteiger partial charge in [0, 0.05) is 38.5 Å². The highest BCUT2D eigenvalue weighted by atomic mass is 16.5. The molecule has 0 bridgehead atoms. The second-order valence-corrected chi connectivity index (χ2v) is 6.90. The summed E-state index contributed by atoms with van der Waals surface area (Å²) < 4.78 is 18.6. The number of benzene rings is 2. The molecule has 0 saturated heterocycles. The Balaban J connectivity index is 1.64. The highest BCUT2D eigenvalue weighted by Gasteiger charge is 2.20. The molecule has 6 nitrogen and oxygen atoms in total. The molecule has 4 rings (SSSR count). The number of nitrogens with one attached hydrogen (secondary N) is 1. The third kappa shape index (κ3) is 3.68. The van der Waals surface area contributed by atoms with Crippen molar-refractivity contribution in [2.24, 2.45) is 7.05 Å². The largest absolute Gasteiger partial charge is 0.497 e. The van der Waals surface area contributed by atoms with Gasteiger partial charge < -0.3 is 18.8 Å². The highest BCUT2D eigenvalue weighted by Crippen LogP contribution is 2.30. The number of methoxy groups -OCH3 is 2.